The minimum Gasteiger partial charge on any atom is -0.481 e. The van der Waals surface area contributed by atoms with Crippen molar-refractivity contribution in [3.05, 3.63) is 35.4 Å². The Morgan fingerprint density at radius 3 is 2.48 bits per heavy atom. The summed E-state index contributed by atoms with van der Waals surface area (Å²) < 4.78 is 0. The van der Waals surface area contributed by atoms with Gasteiger partial charge in [0.2, 0.25) is 5.91 Å². The van der Waals surface area contributed by atoms with Crippen molar-refractivity contribution in [2.45, 2.75) is 50.9 Å². The third kappa shape index (κ3) is 3.74. The Morgan fingerprint density at radius 2 is 1.74 bits per heavy atom. The quantitative estimate of drug-likeness (QED) is 0.897. The van der Waals surface area contributed by atoms with Crippen molar-refractivity contribution in [3.63, 3.8) is 0 Å². The largest absolute Gasteiger partial charge is 0.481 e. The van der Waals surface area contributed by atoms with E-state index in [1.54, 1.807) is 0 Å². The highest BCUT2D eigenvalue weighted by molar-refractivity contribution is 5.79. The number of hydrogen-bond acceptors (Lipinski definition) is 2. The van der Waals surface area contributed by atoms with E-state index in [2.05, 4.69) is 29.6 Å². The van der Waals surface area contributed by atoms with E-state index in [4.69, 9.17) is 5.11 Å². The topological polar surface area (TPSA) is 66.4 Å². The highest BCUT2D eigenvalue weighted by Gasteiger charge is 2.30. The summed E-state index contributed by atoms with van der Waals surface area (Å²) in [5, 5.41) is 12.1. The van der Waals surface area contributed by atoms with Gasteiger partial charge in [-0.3, -0.25) is 9.59 Å². The summed E-state index contributed by atoms with van der Waals surface area (Å²) in [6.07, 6.45) is 6.09. The summed E-state index contributed by atoms with van der Waals surface area (Å²) in [4.78, 5) is 23.4. The molecule has 0 bridgehead atoms. The maximum Gasteiger partial charge on any atom is 0.306 e. The summed E-state index contributed by atoms with van der Waals surface area (Å²) in [5.41, 5.74) is 2.80. The number of benzene rings is 1. The lowest BCUT2D eigenvalue weighted by Gasteiger charge is -2.28. The summed E-state index contributed by atoms with van der Waals surface area (Å²) in [7, 11) is 0. The second kappa shape index (κ2) is 7.16. The van der Waals surface area contributed by atoms with Gasteiger partial charge in [0.15, 0.2) is 0 Å². The summed E-state index contributed by atoms with van der Waals surface area (Å²) >= 11 is 0. The van der Waals surface area contributed by atoms with Crippen molar-refractivity contribution in [2.24, 2.45) is 11.8 Å². The second-order valence-corrected chi connectivity index (χ2v) is 6.92. The van der Waals surface area contributed by atoms with Gasteiger partial charge in [0.25, 0.3) is 0 Å². The number of nitrogens with one attached hydrogen (secondary N) is 1. The fourth-order valence-corrected chi connectivity index (χ4v) is 4.04. The number of amides is 1. The van der Waals surface area contributed by atoms with Crippen LogP contribution in [-0.2, 0) is 16.0 Å². The van der Waals surface area contributed by atoms with Crippen LogP contribution in [0.2, 0.25) is 0 Å². The van der Waals surface area contributed by atoms with E-state index in [0.717, 1.165) is 12.8 Å². The van der Waals surface area contributed by atoms with Crippen LogP contribution >= 0.6 is 0 Å². The smallest absolute Gasteiger partial charge is 0.306 e. The van der Waals surface area contributed by atoms with E-state index in [9.17, 15) is 9.59 Å². The number of carbonyl (C=O) groups is 2. The number of fused-ring (bicyclic) bond motifs is 1. The molecule has 1 aromatic carbocycles. The van der Waals surface area contributed by atoms with E-state index in [1.165, 1.54) is 17.5 Å². The molecule has 1 amide bonds. The SMILES string of the molecule is O=C(O)C1CCC(C(=O)NCC2CCCc3ccccc32)CC1. The minimum absolute atomic E-state index is 0.00978. The first-order chi connectivity index (χ1) is 11.1. The highest BCUT2D eigenvalue weighted by atomic mass is 16.4. The third-order valence-electron chi connectivity index (χ3n) is 5.46. The predicted molar refractivity (Wildman–Crippen MR) is 88.2 cm³/mol. The molecule has 1 atom stereocenters. The monoisotopic (exact) mass is 315 g/mol. The number of carboxylic acid groups (broad SMARTS) is 1. The van der Waals surface area contributed by atoms with Crippen LogP contribution in [0.15, 0.2) is 24.3 Å². The molecule has 0 aliphatic heterocycles. The van der Waals surface area contributed by atoms with Gasteiger partial charge < -0.3 is 10.4 Å². The molecule has 4 nitrogen and oxygen atoms in total. The van der Waals surface area contributed by atoms with Gasteiger partial charge in [0.1, 0.15) is 0 Å². The van der Waals surface area contributed by atoms with Gasteiger partial charge in [0.05, 0.1) is 5.92 Å². The van der Waals surface area contributed by atoms with Crippen LogP contribution in [-0.4, -0.2) is 23.5 Å². The molecule has 23 heavy (non-hydrogen) atoms. The fourth-order valence-electron chi connectivity index (χ4n) is 4.04. The molecule has 2 N–H and O–H groups in total. The Labute approximate surface area is 137 Å². The summed E-state index contributed by atoms with van der Waals surface area (Å²) in [5.74, 6) is -0.465. The molecule has 1 saturated carbocycles. The van der Waals surface area contributed by atoms with Crippen LogP contribution in [0.3, 0.4) is 0 Å². The molecule has 0 spiro atoms. The lowest BCUT2D eigenvalue weighted by molar-refractivity contribution is -0.144. The maximum absolute atomic E-state index is 12.4. The molecule has 2 aliphatic carbocycles. The lowest BCUT2D eigenvalue weighted by Crippen LogP contribution is -2.37. The van der Waals surface area contributed by atoms with Crippen LogP contribution in [0.4, 0.5) is 0 Å². The molecule has 4 heteroatoms. The molecular formula is C19H25NO3. The number of carboxylic acids is 1. The Balaban J connectivity index is 1.51. The second-order valence-electron chi connectivity index (χ2n) is 6.92. The molecule has 1 unspecified atom stereocenters. The summed E-state index contributed by atoms with van der Waals surface area (Å²) in [6.45, 7) is 0.703. The van der Waals surface area contributed by atoms with E-state index in [0.29, 0.717) is 38.1 Å². The number of rotatable bonds is 4. The van der Waals surface area contributed by atoms with Crippen LogP contribution in [0.25, 0.3) is 0 Å². The normalized spacial score (nSPS) is 27.0. The van der Waals surface area contributed by atoms with E-state index >= 15 is 0 Å². The maximum atomic E-state index is 12.4. The summed E-state index contributed by atoms with van der Waals surface area (Å²) in [6, 6.07) is 8.53. The van der Waals surface area contributed by atoms with Crippen molar-refractivity contribution in [1.82, 2.24) is 5.32 Å². The third-order valence-corrected chi connectivity index (χ3v) is 5.46. The minimum atomic E-state index is -0.720. The van der Waals surface area contributed by atoms with E-state index in [1.807, 2.05) is 0 Å². The Kier molecular flexibility index (Phi) is 4.99. The zero-order chi connectivity index (χ0) is 16.2. The zero-order valence-corrected chi connectivity index (χ0v) is 13.5. The van der Waals surface area contributed by atoms with Gasteiger partial charge in [-0.05, 0) is 56.1 Å². The van der Waals surface area contributed by atoms with Crippen LogP contribution in [0.1, 0.15) is 55.6 Å². The first kappa shape index (κ1) is 16.0. The average molecular weight is 315 g/mol. The van der Waals surface area contributed by atoms with E-state index < -0.39 is 5.97 Å². The van der Waals surface area contributed by atoms with E-state index in [-0.39, 0.29) is 17.7 Å². The Bertz CT molecular complexity index is 576. The molecule has 1 aromatic rings. The molecule has 3 rings (SSSR count). The molecule has 0 aromatic heterocycles. The highest BCUT2D eigenvalue weighted by Crippen LogP contribution is 2.32. The Morgan fingerprint density at radius 1 is 1.04 bits per heavy atom. The van der Waals surface area contributed by atoms with Gasteiger partial charge in [0, 0.05) is 18.4 Å². The molecule has 0 radical (unpaired) electrons. The molecule has 2 aliphatic rings. The molecule has 0 heterocycles. The average Bonchev–Trinajstić information content (AvgIpc) is 2.59. The number of aliphatic carboxylic acids is 1. The van der Waals surface area contributed by atoms with Crippen molar-refractivity contribution in [3.8, 4) is 0 Å². The first-order valence-corrected chi connectivity index (χ1v) is 8.73. The lowest BCUT2D eigenvalue weighted by atomic mass is 9.81. The number of hydrogen-bond donors (Lipinski definition) is 2. The molecule has 1 fully saturated rings. The molecular weight excluding hydrogens is 290 g/mol. The van der Waals surface area contributed by atoms with Crippen molar-refractivity contribution in [1.29, 1.82) is 0 Å². The first-order valence-electron chi connectivity index (χ1n) is 8.73. The Hall–Kier alpha value is -1.84. The molecule has 124 valence electrons. The zero-order valence-electron chi connectivity index (χ0n) is 13.5. The van der Waals surface area contributed by atoms with Crippen molar-refractivity contribution >= 4 is 11.9 Å². The van der Waals surface area contributed by atoms with Gasteiger partial charge in [-0.25, -0.2) is 0 Å². The van der Waals surface area contributed by atoms with Crippen LogP contribution < -0.4 is 5.32 Å². The van der Waals surface area contributed by atoms with Gasteiger partial charge in [-0.15, -0.1) is 0 Å². The number of carbonyl (C=O) groups excluding carboxylic acids is 1. The molecule has 0 saturated heterocycles. The predicted octanol–water partition coefficient (Wildman–Crippen LogP) is 3.11. The van der Waals surface area contributed by atoms with Crippen LogP contribution in [0, 0.1) is 11.8 Å². The van der Waals surface area contributed by atoms with Crippen molar-refractivity contribution < 1.29 is 14.7 Å². The van der Waals surface area contributed by atoms with Crippen LogP contribution in [0.5, 0.6) is 0 Å². The van der Waals surface area contributed by atoms with Crippen molar-refractivity contribution in [2.75, 3.05) is 6.54 Å². The fraction of sp³-hybridized carbons (Fsp3) is 0.579. The van der Waals surface area contributed by atoms with Gasteiger partial charge in [-0.1, -0.05) is 24.3 Å². The van der Waals surface area contributed by atoms with Gasteiger partial charge in [-0.2, -0.15) is 0 Å². The standard InChI is InChI=1S/C19H25NO3/c21-18(14-8-10-15(11-9-14)19(22)23)20-12-16-6-3-5-13-4-1-2-7-17(13)16/h1-2,4,7,14-16H,3,5-6,8-12H2,(H,20,21)(H,22,23). The van der Waals surface area contributed by atoms with Gasteiger partial charge >= 0.3 is 5.97 Å². The number of aryl methyl sites for hydroxylation is 1.